The molecule has 23 heavy (non-hydrogen) atoms. The molecule has 1 unspecified atom stereocenters. The van der Waals surface area contributed by atoms with Gasteiger partial charge in [0.05, 0.1) is 6.61 Å². The van der Waals surface area contributed by atoms with Crippen LogP contribution in [0.5, 0.6) is 0 Å². The minimum Gasteiger partial charge on any atom is -0.394 e. The van der Waals surface area contributed by atoms with Crippen LogP contribution < -0.4 is 0 Å². The standard InChI is InChI=1S/C13H14O10/c14-3-6-9(18)10(19)12(21)13(22,23-6)11(20)4-1-2-5(15)8(17)7(4)16/h1-2,4,6,9-10,12,14,18-19,21-22H,3H2/t4?,6-,9-,10+,12-,13+/m1/s1. The van der Waals surface area contributed by atoms with E-state index in [0.29, 0.717) is 6.08 Å². The molecule has 0 spiro atoms. The Labute approximate surface area is 128 Å². The van der Waals surface area contributed by atoms with E-state index in [1.54, 1.807) is 0 Å². The number of ketones is 4. The van der Waals surface area contributed by atoms with Crippen LogP contribution in [0.3, 0.4) is 0 Å². The van der Waals surface area contributed by atoms with Gasteiger partial charge in [0.25, 0.3) is 11.6 Å². The van der Waals surface area contributed by atoms with Crippen LogP contribution in [-0.2, 0) is 23.9 Å². The average molecular weight is 330 g/mol. The largest absolute Gasteiger partial charge is 0.394 e. The lowest BCUT2D eigenvalue weighted by molar-refractivity contribution is -0.331. The van der Waals surface area contributed by atoms with E-state index < -0.39 is 65.9 Å². The summed E-state index contributed by atoms with van der Waals surface area (Å²) in [6.07, 6.45) is -6.41. The molecule has 0 amide bonds. The van der Waals surface area contributed by atoms with Crippen molar-refractivity contribution in [3.8, 4) is 0 Å². The number of ether oxygens (including phenoxy) is 1. The smallest absolute Gasteiger partial charge is 0.269 e. The third-order valence-corrected chi connectivity index (χ3v) is 3.77. The zero-order chi connectivity index (χ0) is 17.5. The highest BCUT2D eigenvalue weighted by molar-refractivity contribution is 6.68. The topological polar surface area (TPSA) is 179 Å². The first-order chi connectivity index (χ1) is 10.6. The van der Waals surface area contributed by atoms with Gasteiger partial charge in [0.2, 0.25) is 17.3 Å². The second kappa shape index (κ2) is 6.00. The quantitative estimate of drug-likeness (QED) is 0.250. The fourth-order valence-corrected chi connectivity index (χ4v) is 2.40. The molecule has 2 aliphatic rings. The van der Waals surface area contributed by atoms with Crippen LogP contribution in [0.2, 0.25) is 0 Å². The fraction of sp³-hybridized carbons (Fsp3) is 0.538. The van der Waals surface area contributed by atoms with Gasteiger partial charge in [0.15, 0.2) is 0 Å². The van der Waals surface area contributed by atoms with E-state index in [0.717, 1.165) is 6.08 Å². The highest BCUT2D eigenvalue weighted by Gasteiger charge is 2.59. The van der Waals surface area contributed by atoms with Crippen molar-refractivity contribution in [2.75, 3.05) is 6.61 Å². The molecule has 0 saturated carbocycles. The summed E-state index contributed by atoms with van der Waals surface area (Å²) < 4.78 is 4.76. The summed E-state index contributed by atoms with van der Waals surface area (Å²) in [5.41, 5.74) is 0. The highest BCUT2D eigenvalue weighted by atomic mass is 16.7. The summed E-state index contributed by atoms with van der Waals surface area (Å²) in [6.45, 7) is -0.910. The highest BCUT2D eigenvalue weighted by Crippen LogP contribution is 2.32. The lowest BCUT2D eigenvalue weighted by Crippen LogP contribution is -2.69. The number of aliphatic hydroxyl groups excluding tert-OH is 4. The molecule has 126 valence electrons. The van der Waals surface area contributed by atoms with E-state index in [9.17, 15) is 39.6 Å². The van der Waals surface area contributed by atoms with E-state index in [-0.39, 0.29) is 0 Å². The van der Waals surface area contributed by atoms with Crippen molar-refractivity contribution >= 4 is 23.1 Å². The number of hydrogen-bond acceptors (Lipinski definition) is 10. The molecule has 1 heterocycles. The van der Waals surface area contributed by atoms with Crippen LogP contribution >= 0.6 is 0 Å². The van der Waals surface area contributed by atoms with Gasteiger partial charge in [-0.15, -0.1) is 0 Å². The maximum Gasteiger partial charge on any atom is 0.269 e. The predicted octanol–water partition coefficient (Wildman–Crippen LogP) is -4.39. The minimum atomic E-state index is -3.16. The number of hydrogen-bond donors (Lipinski definition) is 5. The summed E-state index contributed by atoms with van der Waals surface area (Å²) in [5.74, 6) is -10.6. The molecule has 1 aliphatic carbocycles. The Morgan fingerprint density at radius 1 is 1.17 bits per heavy atom. The van der Waals surface area contributed by atoms with Crippen molar-refractivity contribution in [3.05, 3.63) is 12.2 Å². The van der Waals surface area contributed by atoms with E-state index in [4.69, 9.17) is 9.84 Å². The van der Waals surface area contributed by atoms with Gasteiger partial charge >= 0.3 is 0 Å². The fourth-order valence-electron chi connectivity index (χ4n) is 2.40. The molecule has 0 aromatic carbocycles. The van der Waals surface area contributed by atoms with Crippen LogP contribution in [0, 0.1) is 5.92 Å². The van der Waals surface area contributed by atoms with Crippen LogP contribution in [0.25, 0.3) is 0 Å². The number of rotatable bonds is 3. The van der Waals surface area contributed by atoms with E-state index >= 15 is 0 Å². The van der Waals surface area contributed by atoms with Crippen molar-refractivity contribution in [2.24, 2.45) is 5.92 Å². The SMILES string of the molecule is O=C1C=CC(C(=O)[C@]2(O)O[C@H](CO)[C@@H](O)[C@H](O)[C@H]2O)C(=O)C1=O. The number of Topliss-reactive ketones (excluding diaryl/α,β-unsaturated/α-hetero) is 3. The zero-order valence-corrected chi connectivity index (χ0v) is 11.5. The van der Waals surface area contributed by atoms with Crippen molar-refractivity contribution in [1.29, 1.82) is 0 Å². The first-order valence-corrected chi connectivity index (χ1v) is 6.55. The Morgan fingerprint density at radius 2 is 1.78 bits per heavy atom. The lowest BCUT2D eigenvalue weighted by Gasteiger charge is -2.44. The molecular formula is C13H14O10. The molecular weight excluding hydrogens is 316 g/mol. The summed E-state index contributed by atoms with van der Waals surface area (Å²) in [6, 6.07) is 0. The summed E-state index contributed by atoms with van der Waals surface area (Å²) in [4.78, 5) is 46.4. The van der Waals surface area contributed by atoms with E-state index in [1.165, 1.54) is 0 Å². The third-order valence-electron chi connectivity index (χ3n) is 3.77. The maximum atomic E-state index is 12.3. The van der Waals surface area contributed by atoms with Crippen LogP contribution in [0.15, 0.2) is 12.2 Å². The molecule has 0 aromatic heterocycles. The molecule has 0 bridgehead atoms. The molecule has 2 rings (SSSR count). The summed E-state index contributed by atoms with van der Waals surface area (Å²) in [5, 5.41) is 48.3. The van der Waals surface area contributed by atoms with Gasteiger partial charge in [-0.2, -0.15) is 0 Å². The van der Waals surface area contributed by atoms with Gasteiger partial charge in [0, 0.05) is 0 Å². The van der Waals surface area contributed by atoms with Crippen LogP contribution in [0.4, 0.5) is 0 Å². The molecule has 1 fully saturated rings. The van der Waals surface area contributed by atoms with Gasteiger partial charge in [-0.25, -0.2) is 0 Å². The number of allylic oxidation sites excluding steroid dienone is 2. The Hall–Kier alpha value is -1.82. The van der Waals surface area contributed by atoms with Gasteiger partial charge in [-0.3, -0.25) is 19.2 Å². The van der Waals surface area contributed by atoms with Crippen molar-refractivity contribution < 1.29 is 49.4 Å². The Kier molecular flexibility index (Phi) is 4.57. The van der Waals surface area contributed by atoms with E-state index in [1.807, 2.05) is 0 Å². The van der Waals surface area contributed by atoms with Crippen molar-refractivity contribution in [1.82, 2.24) is 0 Å². The minimum absolute atomic E-state index is 0.666. The molecule has 10 nitrogen and oxygen atoms in total. The number of aliphatic hydroxyl groups is 5. The summed E-state index contributed by atoms with van der Waals surface area (Å²) >= 11 is 0. The number of carbonyl (C=O) groups excluding carboxylic acids is 4. The van der Waals surface area contributed by atoms with Crippen molar-refractivity contribution in [3.63, 3.8) is 0 Å². The van der Waals surface area contributed by atoms with Crippen LogP contribution in [-0.4, -0.2) is 85.5 Å². The second-order valence-corrected chi connectivity index (χ2v) is 5.22. The molecule has 5 N–H and O–H groups in total. The van der Waals surface area contributed by atoms with Gasteiger partial charge in [-0.1, -0.05) is 6.08 Å². The van der Waals surface area contributed by atoms with E-state index in [2.05, 4.69) is 0 Å². The normalized spacial score (nSPS) is 41.3. The van der Waals surface area contributed by atoms with Gasteiger partial charge in [0.1, 0.15) is 30.3 Å². The zero-order valence-electron chi connectivity index (χ0n) is 11.5. The van der Waals surface area contributed by atoms with Crippen molar-refractivity contribution in [2.45, 2.75) is 30.2 Å². The Balaban J connectivity index is 2.36. The Bertz CT molecular complexity index is 594. The number of carbonyl (C=O) groups is 4. The molecule has 0 radical (unpaired) electrons. The predicted molar refractivity (Wildman–Crippen MR) is 67.6 cm³/mol. The molecule has 6 atom stereocenters. The first kappa shape index (κ1) is 17.5. The molecule has 10 heteroatoms. The van der Waals surface area contributed by atoms with Gasteiger partial charge in [-0.05, 0) is 6.08 Å². The molecule has 1 saturated heterocycles. The lowest BCUT2D eigenvalue weighted by atomic mass is 9.81. The maximum absolute atomic E-state index is 12.3. The molecule has 1 aliphatic heterocycles. The average Bonchev–Trinajstić information content (AvgIpc) is 2.53. The van der Waals surface area contributed by atoms with Gasteiger partial charge < -0.3 is 30.3 Å². The van der Waals surface area contributed by atoms with Crippen LogP contribution in [0.1, 0.15) is 0 Å². The Morgan fingerprint density at radius 3 is 2.35 bits per heavy atom. The molecule has 0 aromatic rings. The third kappa shape index (κ3) is 2.65. The second-order valence-electron chi connectivity index (χ2n) is 5.22. The monoisotopic (exact) mass is 330 g/mol. The summed E-state index contributed by atoms with van der Waals surface area (Å²) in [7, 11) is 0. The first-order valence-electron chi connectivity index (χ1n) is 6.55.